The van der Waals surface area contributed by atoms with Crippen LogP contribution in [0.3, 0.4) is 0 Å². The van der Waals surface area contributed by atoms with E-state index < -0.39 is 0 Å². The maximum Gasteiger partial charge on any atom is 0.180 e. The van der Waals surface area contributed by atoms with Crippen molar-refractivity contribution in [2.24, 2.45) is 0 Å². The fourth-order valence-corrected chi connectivity index (χ4v) is 3.35. The van der Waals surface area contributed by atoms with Gasteiger partial charge in [-0.25, -0.2) is 0 Å². The van der Waals surface area contributed by atoms with Gasteiger partial charge in [-0.1, -0.05) is 58.5 Å². The Morgan fingerprint density at radius 2 is 1.50 bits per heavy atom. The number of ether oxygens (including phenoxy) is 2. The van der Waals surface area contributed by atoms with Gasteiger partial charge in [-0.15, -0.1) is 0 Å². The van der Waals surface area contributed by atoms with Crippen molar-refractivity contribution in [3.05, 3.63) is 85.8 Å². The van der Waals surface area contributed by atoms with Gasteiger partial charge < -0.3 is 14.8 Å². The van der Waals surface area contributed by atoms with Crippen molar-refractivity contribution >= 4 is 52.1 Å². The molecule has 0 saturated carbocycles. The molecular weight excluding hydrogens is 440 g/mol. The van der Waals surface area contributed by atoms with Crippen molar-refractivity contribution < 1.29 is 9.47 Å². The van der Waals surface area contributed by atoms with Crippen LogP contribution in [0.15, 0.2) is 54.6 Å². The van der Waals surface area contributed by atoms with E-state index in [1.807, 2.05) is 36.4 Å². The van der Waals surface area contributed by atoms with Crippen molar-refractivity contribution in [2.45, 2.75) is 13.2 Å². The smallest absolute Gasteiger partial charge is 0.180 e. The zero-order chi connectivity index (χ0) is 20.1. The fraction of sp³-hybridized carbons (Fsp3) is 0.143. The van der Waals surface area contributed by atoms with Crippen LogP contribution in [-0.4, -0.2) is 7.11 Å². The molecular formula is C21H17Cl4NO2. The summed E-state index contributed by atoms with van der Waals surface area (Å²) >= 11 is 24.6. The Morgan fingerprint density at radius 3 is 2.21 bits per heavy atom. The first kappa shape index (κ1) is 20.9. The molecule has 3 nitrogen and oxygen atoms in total. The number of anilines is 1. The summed E-state index contributed by atoms with van der Waals surface area (Å²) in [5.74, 6) is 1.04. The molecule has 0 radical (unpaired) electrons. The summed E-state index contributed by atoms with van der Waals surface area (Å²) in [7, 11) is 1.58. The average Bonchev–Trinajstić information content (AvgIpc) is 2.68. The first-order valence-corrected chi connectivity index (χ1v) is 9.90. The van der Waals surface area contributed by atoms with E-state index in [0.717, 1.165) is 16.8 Å². The number of rotatable bonds is 7. The number of benzene rings is 3. The molecule has 3 aromatic carbocycles. The molecule has 0 aliphatic heterocycles. The van der Waals surface area contributed by atoms with Gasteiger partial charge in [0, 0.05) is 16.6 Å². The summed E-state index contributed by atoms with van der Waals surface area (Å²) in [5, 5.41) is 5.58. The molecule has 28 heavy (non-hydrogen) atoms. The maximum atomic E-state index is 6.44. The second-order valence-electron chi connectivity index (χ2n) is 6.00. The molecule has 0 aliphatic carbocycles. The molecule has 0 atom stereocenters. The van der Waals surface area contributed by atoms with Crippen molar-refractivity contribution in [1.82, 2.24) is 0 Å². The Hall–Kier alpha value is -1.78. The molecule has 0 unspecified atom stereocenters. The van der Waals surface area contributed by atoms with E-state index in [9.17, 15) is 0 Å². The van der Waals surface area contributed by atoms with E-state index >= 15 is 0 Å². The summed E-state index contributed by atoms with van der Waals surface area (Å²) in [6.07, 6.45) is 0. The first-order chi connectivity index (χ1) is 13.5. The van der Waals surface area contributed by atoms with Crippen molar-refractivity contribution in [3.63, 3.8) is 0 Å². The Bertz CT molecular complexity index is 961. The molecule has 0 fully saturated rings. The van der Waals surface area contributed by atoms with Gasteiger partial charge in [0.2, 0.25) is 0 Å². The van der Waals surface area contributed by atoms with Crippen molar-refractivity contribution in [2.75, 3.05) is 12.4 Å². The van der Waals surface area contributed by atoms with E-state index in [1.54, 1.807) is 25.3 Å². The third kappa shape index (κ3) is 5.39. The topological polar surface area (TPSA) is 30.5 Å². The van der Waals surface area contributed by atoms with E-state index in [4.69, 9.17) is 55.9 Å². The van der Waals surface area contributed by atoms with Crippen LogP contribution in [0.1, 0.15) is 11.1 Å². The molecule has 0 aromatic heterocycles. The highest BCUT2D eigenvalue weighted by atomic mass is 35.5. The number of methoxy groups -OCH3 is 1. The lowest BCUT2D eigenvalue weighted by molar-refractivity contribution is 0.284. The zero-order valence-electron chi connectivity index (χ0n) is 14.9. The molecule has 0 aliphatic rings. The highest BCUT2D eigenvalue weighted by Gasteiger charge is 2.13. The predicted octanol–water partition coefficient (Wildman–Crippen LogP) is 7.50. The van der Waals surface area contributed by atoms with Gasteiger partial charge in [-0.05, 0) is 53.6 Å². The van der Waals surface area contributed by atoms with Crippen LogP contribution >= 0.6 is 46.4 Å². The van der Waals surface area contributed by atoms with Crippen molar-refractivity contribution in [1.29, 1.82) is 0 Å². The second-order valence-corrected chi connectivity index (χ2v) is 7.69. The number of hydrogen-bond acceptors (Lipinski definition) is 3. The van der Waals surface area contributed by atoms with E-state index in [0.29, 0.717) is 44.7 Å². The molecule has 0 saturated heterocycles. The van der Waals surface area contributed by atoms with Crippen LogP contribution in [0.4, 0.5) is 5.69 Å². The standard InChI is InChI=1S/C21H17Cl4NO2/c1-27-20-9-14(11-26-19-10-16(23)6-7-17(19)24)8-18(25)21(20)28-12-13-2-4-15(22)5-3-13/h2-10,26H,11-12H2,1H3. The highest BCUT2D eigenvalue weighted by molar-refractivity contribution is 6.35. The van der Waals surface area contributed by atoms with Gasteiger partial charge in [-0.2, -0.15) is 0 Å². The molecule has 7 heteroatoms. The van der Waals surface area contributed by atoms with Crippen LogP contribution < -0.4 is 14.8 Å². The third-order valence-electron chi connectivity index (χ3n) is 4.00. The van der Waals surface area contributed by atoms with Gasteiger partial charge in [0.15, 0.2) is 11.5 Å². The number of nitrogens with one attached hydrogen (secondary N) is 1. The van der Waals surface area contributed by atoms with Crippen LogP contribution in [0.25, 0.3) is 0 Å². The molecule has 0 spiro atoms. The summed E-state index contributed by atoms with van der Waals surface area (Å²) in [4.78, 5) is 0. The molecule has 0 amide bonds. The van der Waals surface area contributed by atoms with Gasteiger partial charge in [0.1, 0.15) is 6.61 Å². The Labute approximate surface area is 184 Å². The summed E-state index contributed by atoms with van der Waals surface area (Å²) in [6, 6.07) is 16.4. The molecule has 3 aromatic rings. The van der Waals surface area contributed by atoms with E-state index in [2.05, 4.69) is 5.32 Å². The summed E-state index contributed by atoms with van der Waals surface area (Å²) in [6.45, 7) is 0.844. The minimum atomic E-state index is 0.350. The highest BCUT2D eigenvalue weighted by Crippen LogP contribution is 2.37. The van der Waals surface area contributed by atoms with Gasteiger partial charge in [0.25, 0.3) is 0 Å². The molecule has 146 valence electrons. The number of hydrogen-bond donors (Lipinski definition) is 1. The second kappa shape index (κ2) is 9.62. The average molecular weight is 457 g/mol. The van der Waals surface area contributed by atoms with E-state index in [-0.39, 0.29) is 0 Å². The van der Waals surface area contributed by atoms with Gasteiger partial charge in [0.05, 0.1) is 22.8 Å². The van der Waals surface area contributed by atoms with Crippen LogP contribution in [0.5, 0.6) is 11.5 Å². The molecule has 3 rings (SSSR count). The lowest BCUT2D eigenvalue weighted by Crippen LogP contribution is -2.03. The SMILES string of the molecule is COc1cc(CNc2cc(Cl)ccc2Cl)cc(Cl)c1OCc1ccc(Cl)cc1. The Morgan fingerprint density at radius 1 is 0.786 bits per heavy atom. The number of halogens is 4. The quantitative estimate of drug-likeness (QED) is 0.399. The van der Waals surface area contributed by atoms with Crippen LogP contribution in [0, 0.1) is 0 Å². The van der Waals surface area contributed by atoms with Crippen LogP contribution in [0.2, 0.25) is 20.1 Å². The van der Waals surface area contributed by atoms with Crippen molar-refractivity contribution in [3.8, 4) is 11.5 Å². The Balaban J connectivity index is 1.73. The molecule has 0 bridgehead atoms. The summed E-state index contributed by atoms with van der Waals surface area (Å²) in [5.41, 5.74) is 2.63. The minimum absolute atomic E-state index is 0.350. The monoisotopic (exact) mass is 455 g/mol. The molecule has 1 N–H and O–H groups in total. The molecule has 0 heterocycles. The predicted molar refractivity (Wildman–Crippen MR) is 118 cm³/mol. The maximum absolute atomic E-state index is 6.44. The zero-order valence-corrected chi connectivity index (χ0v) is 18.0. The summed E-state index contributed by atoms with van der Waals surface area (Å²) < 4.78 is 11.3. The van der Waals surface area contributed by atoms with E-state index in [1.165, 1.54) is 0 Å². The van der Waals surface area contributed by atoms with Gasteiger partial charge >= 0.3 is 0 Å². The lowest BCUT2D eigenvalue weighted by atomic mass is 10.2. The van der Waals surface area contributed by atoms with Gasteiger partial charge in [-0.3, -0.25) is 0 Å². The third-order valence-corrected chi connectivity index (χ3v) is 5.09. The normalized spacial score (nSPS) is 10.6. The first-order valence-electron chi connectivity index (χ1n) is 8.39. The fourth-order valence-electron chi connectivity index (χ4n) is 2.58. The minimum Gasteiger partial charge on any atom is -0.493 e. The van der Waals surface area contributed by atoms with Crippen LogP contribution in [-0.2, 0) is 13.2 Å². The lowest BCUT2D eigenvalue weighted by Gasteiger charge is -2.15. The largest absolute Gasteiger partial charge is 0.493 e. The Kier molecular flexibility index (Phi) is 7.19.